The van der Waals surface area contributed by atoms with Crippen LogP contribution in [0.5, 0.6) is 0 Å². The van der Waals surface area contributed by atoms with Gasteiger partial charge in [0.05, 0.1) is 6.10 Å². The predicted molar refractivity (Wildman–Crippen MR) is 48.9 cm³/mol. The Kier molecular flexibility index (Phi) is 2.26. The molecule has 0 spiro atoms. The summed E-state index contributed by atoms with van der Waals surface area (Å²) in [6.07, 6.45) is 0.455. The van der Waals surface area contributed by atoms with E-state index in [0.29, 0.717) is 18.9 Å². The van der Waals surface area contributed by atoms with Gasteiger partial charge in [0.25, 0.3) is 0 Å². The maximum atomic E-state index is 13.4. The first-order valence-electron chi connectivity index (χ1n) is 4.80. The summed E-state index contributed by atoms with van der Waals surface area (Å²) in [5, 5.41) is 9.50. The van der Waals surface area contributed by atoms with Crippen molar-refractivity contribution in [3.8, 4) is 0 Å². The van der Waals surface area contributed by atoms with E-state index in [0.717, 1.165) is 6.07 Å². The number of aliphatic hydroxyl groups excluding tert-OH is 1. The topological polar surface area (TPSA) is 20.2 Å². The highest BCUT2D eigenvalue weighted by Crippen LogP contribution is 2.51. The Morgan fingerprint density at radius 3 is 2.13 bits per heavy atom. The Hall–Kier alpha value is -1.03. The first kappa shape index (κ1) is 10.5. The van der Waals surface area contributed by atoms with Crippen LogP contribution in [0.15, 0.2) is 12.1 Å². The molecule has 1 saturated carbocycles. The highest BCUT2D eigenvalue weighted by molar-refractivity contribution is 5.35. The number of halogens is 3. The lowest BCUT2D eigenvalue weighted by Crippen LogP contribution is -2.24. The zero-order valence-electron chi connectivity index (χ0n) is 8.23. The van der Waals surface area contributed by atoms with E-state index in [-0.39, 0.29) is 5.56 Å². The zero-order chi connectivity index (χ0) is 11.2. The highest BCUT2D eigenvalue weighted by Gasteiger charge is 2.50. The van der Waals surface area contributed by atoms with E-state index in [1.165, 1.54) is 6.92 Å². The summed E-state index contributed by atoms with van der Waals surface area (Å²) < 4.78 is 39.1. The van der Waals surface area contributed by atoms with E-state index in [1.54, 1.807) is 0 Å². The van der Waals surface area contributed by atoms with Crippen LogP contribution >= 0.6 is 0 Å². The number of hydrogen-bond donors (Lipinski definition) is 1. The monoisotopic (exact) mass is 216 g/mol. The molecule has 1 nitrogen and oxygen atoms in total. The Morgan fingerprint density at radius 2 is 1.67 bits per heavy atom. The zero-order valence-corrected chi connectivity index (χ0v) is 8.23. The summed E-state index contributed by atoms with van der Waals surface area (Å²) in [5.41, 5.74) is -0.630. The van der Waals surface area contributed by atoms with E-state index in [2.05, 4.69) is 0 Å². The lowest BCUT2D eigenvalue weighted by molar-refractivity contribution is 0.148. The average Bonchev–Trinajstić information content (AvgIpc) is 2.92. The summed E-state index contributed by atoms with van der Waals surface area (Å²) in [6, 6.07) is 1.39. The van der Waals surface area contributed by atoms with Crippen molar-refractivity contribution in [1.29, 1.82) is 0 Å². The molecule has 82 valence electrons. The fourth-order valence-corrected chi connectivity index (χ4v) is 1.95. The SMILES string of the molecule is CC(O)C1(c2cc(F)c(F)cc2F)CC1. The third-order valence-corrected chi connectivity index (χ3v) is 3.13. The first-order chi connectivity index (χ1) is 6.97. The van der Waals surface area contributed by atoms with E-state index in [4.69, 9.17) is 0 Å². The van der Waals surface area contributed by atoms with Crippen molar-refractivity contribution < 1.29 is 18.3 Å². The van der Waals surface area contributed by atoms with Gasteiger partial charge in [-0.3, -0.25) is 0 Å². The molecule has 1 aromatic rings. The molecule has 0 aromatic heterocycles. The number of aliphatic hydroxyl groups is 1. The van der Waals surface area contributed by atoms with Crippen LogP contribution in [0.3, 0.4) is 0 Å². The Balaban J connectivity index is 2.49. The van der Waals surface area contributed by atoms with Gasteiger partial charge in [0.2, 0.25) is 0 Å². The summed E-state index contributed by atoms with van der Waals surface area (Å²) >= 11 is 0. The number of benzene rings is 1. The quantitative estimate of drug-likeness (QED) is 0.753. The molecule has 0 radical (unpaired) electrons. The molecular weight excluding hydrogens is 205 g/mol. The van der Waals surface area contributed by atoms with Gasteiger partial charge in [-0.2, -0.15) is 0 Å². The third kappa shape index (κ3) is 1.53. The van der Waals surface area contributed by atoms with Gasteiger partial charge in [-0.1, -0.05) is 0 Å². The van der Waals surface area contributed by atoms with Crippen molar-refractivity contribution in [1.82, 2.24) is 0 Å². The van der Waals surface area contributed by atoms with E-state index in [1.807, 2.05) is 0 Å². The maximum Gasteiger partial charge on any atom is 0.161 e. The smallest absolute Gasteiger partial charge is 0.161 e. The van der Waals surface area contributed by atoms with Crippen LogP contribution in [0, 0.1) is 17.5 Å². The molecule has 1 N–H and O–H groups in total. The third-order valence-electron chi connectivity index (χ3n) is 3.13. The summed E-state index contributed by atoms with van der Waals surface area (Å²) in [5.74, 6) is -3.05. The molecule has 1 aliphatic carbocycles. The molecule has 0 bridgehead atoms. The van der Waals surface area contributed by atoms with E-state index in [9.17, 15) is 18.3 Å². The van der Waals surface area contributed by atoms with Gasteiger partial charge in [0.1, 0.15) is 5.82 Å². The average molecular weight is 216 g/mol. The van der Waals surface area contributed by atoms with E-state index < -0.39 is 29.0 Å². The van der Waals surface area contributed by atoms with Crippen molar-refractivity contribution in [3.63, 3.8) is 0 Å². The summed E-state index contributed by atoms with van der Waals surface area (Å²) in [7, 11) is 0. The van der Waals surface area contributed by atoms with Crippen LogP contribution in [0.4, 0.5) is 13.2 Å². The van der Waals surface area contributed by atoms with Crippen molar-refractivity contribution in [3.05, 3.63) is 35.1 Å². The lowest BCUT2D eigenvalue weighted by atomic mass is 9.90. The van der Waals surface area contributed by atoms with Crippen LogP contribution < -0.4 is 0 Å². The van der Waals surface area contributed by atoms with Gasteiger partial charge >= 0.3 is 0 Å². The summed E-state index contributed by atoms with van der Waals surface area (Å²) in [6.45, 7) is 1.54. The molecule has 0 saturated heterocycles. The Bertz CT molecular complexity index is 397. The fourth-order valence-electron chi connectivity index (χ4n) is 1.95. The van der Waals surface area contributed by atoms with Gasteiger partial charge in [-0.25, -0.2) is 13.2 Å². The van der Waals surface area contributed by atoms with Gasteiger partial charge in [-0.15, -0.1) is 0 Å². The molecule has 4 heteroatoms. The van der Waals surface area contributed by atoms with Crippen LogP contribution in [0.25, 0.3) is 0 Å². The largest absolute Gasteiger partial charge is 0.392 e. The number of rotatable bonds is 2. The minimum atomic E-state index is -1.20. The highest BCUT2D eigenvalue weighted by atomic mass is 19.2. The molecule has 2 rings (SSSR count). The van der Waals surface area contributed by atoms with Gasteiger partial charge in [0.15, 0.2) is 11.6 Å². The van der Waals surface area contributed by atoms with Crippen molar-refractivity contribution in [2.24, 2.45) is 0 Å². The van der Waals surface area contributed by atoms with Crippen molar-refractivity contribution in [2.45, 2.75) is 31.3 Å². The standard InChI is InChI=1S/C11H11F3O/c1-6(15)11(2-3-11)7-4-9(13)10(14)5-8(7)12/h4-6,15H,2-3H2,1H3. The van der Waals surface area contributed by atoms with Gasteiger partial charge in [0, 0.05) is 11.5 Å². The minimum absolute atomic E-state index is 0.0800. The van der Waals surface area contributed by atoms with Crippen LogP contribution in [0.2, 0.25) is 0 Å². The molecule has 1 atom stereocenters. The number of hydrogen-bond acceptors (Lipinski definition) is 1. The second kappa shape index (κ2) is 3.23. The normalized spacial score (nSPS) is 20.1. The van der Waals surface area contributed by atoms with Crippen LogP contribution in [-0.4, -0.2) is 11.2 Å². The van der Waals surface area contributed by atoms with Crippen LogP contribution in [-0.2, 0) is 5.41 Å². The summed E-state index contributed by atoms with van der Waals surface area (Å²) in [4.78, 5) is 0. The molecular formula is C11H11F3O. The second-order valence-electron chi connectivity index (χ2n) is 4.08. The Labute approximate surface area is 85.5 Å². The second-order valence-corrected chi connectivity index (χ2v) is 4.08. The molecule has 0 heterocycles. The molecule has 1 unspecified atom stereocenters. The van der Waals surface area contributed by atoms with Gasteiger partial charge in [-0.05, 0) is 31.4 Å². The predicted octanol–water partition coefficient (Wildman–Crippen LogP) is 2.52. The van der Waals surface area contributed by atoms with Crippen LogP contribution in [0.1, 0.15) is 25.3 Å². The maximum absolute atomic E-state index is 13.4. The molecule has 1 fully saturated rings. The van der Waals surface area contributed by atoms with Gasteiger partial charge < -0.3 is 5.11 Å². The fraction of sp³-hybridized carbons (Fsp3) is 0.455. The lowest BCUT2D eigenvalue weighted by Gasteiger charge is -2.19. The van der Waals surface area contributed by atoms with Crippen molar-refractivity contribution >= 4 is 0 Å². The van der Waals surface area contributed by atoms with Crippen molar-refractivity contribution in [2.75, 3.05) is 0 Å². The first-order valence-corrected chi connectivity index (χ1v) is 4.80. The molecule has 0 aliphatic heterocycles. The molecule has 15 heavy (non-hydrogen) atoms. The Morgan fingerprint density at radius 1 is 1.13 bits per heavy atom. The minimum Gasteiger partial charge on any atom is -0.392 e. The molecule has 1 aliphatic rings. The molecule has 1 aromatic carbocycles. The van der Waals surface area contributed by atoms with E-state index >= 15 is 0 Å². The molecule has 0 amide bonds.